The number of nitrogens with one attached hydrogen (secondary N) is 1. The van der Waals surface area contributed by atoms with Crippen molar-refractivity contribution in [3.05, 3.63) is 29.5 Å². The molecule has 19 heavy (non-hydrogen) atoms. The Balaban J connectivity index is 2.65. The zero-order valence-electron chi connectivity index (χ0n) is 11.9. The molecule has 0 spiro atoms. The van der Waals surface area contributed by atoms with Gasteiger partial charge in [0.15, 0.2) is 0 Å². The minimum Gasteiger partial charge on any atom is -0.496 e. The molecule has 0 bridgehead atoms. The minimum absolute atomic E-state index is 0.0539. The van der Waals surface area contributed by atoms with Crippen molar-refractivity contribution in [2.75, 3.05) is 20.2 Å². The molecule has 1 aromatic carbocycles. The monoisotopic (exact) mass is 260 g/mol. The SMILES string of the molecule is CCN(CC)C(=O)c1c(C)[nH]c2cccc(OC)c12. The van der Waals surface area contributed by atoms with Gasteiger partial charge in [-0.3, -0.25) is 4.79 Å². The van der Waals surface area contributed by atoms with E-state index in [9.17, 15) is 4.79 Å². The number of benzene rings is 1. The molecule has 102 valence electrons. The van der Waals surface area contributed by atoms with Crippen LogP contribution in [0.1, 0.15) is 29.9 Å². The summed E-state index contributed by atoms with van der Waals surface area (Å²) in [5.41, 5.74) is 2.54. The predicted octanol–water partition coefficient (Wildman–Crippen LogP) is 2.97. The van der Waals surface area contributed by atoms with Crippen molar-refractivity contribution in [2.45, 2.75) is 20.8 Å². The normalized spacial score (nSPS) is 10.7. The molecule has 1 N–H and O–H groups in total. The number of carbonyl (C=O) groups excluding carboxylic acids is 1. The maximum Gasteiger partial charge on any atom is 0.256 e. The zero-order valence-corrected chi connectivity index (χ0v) is 11.9. The summed E-state index contributed by atoms with van der Waals surface area (Å²) in [6.07, 6.45) is 0. The lowest BCUT2D eigenvalue weighted by molar-refractivity contribution is 0.0774. The highest BCUT2D eigenvalue weighted by Crippen LogP contribution is 2.31. The Labute approximate surface area is 113 Å². The van der Waals surface area contributed by atoms with Crippen molar-refractivity contribution in [1.29, 1.82) is 0 Å². The van der Waals surface area contributed by atoms with Crippen LogP contribution in [0.4, 0.5) is 0 Å². The number of aromatic nitrogens is 1. The largest absolute Gasteiger partial charge is 0.496 e. The minimum atomic E-state index is 0.0539. The standard InChI is InChI=1S/C15H20N2O2/c1-5-17(6-2)15(18)13-10(3)16-11-8-7-9-12(19-4)14(11)13/h7-9,16H,5-6H2,1-4H3. The number of H-pyrrole nitrogens is 1. The first-order chi connectivity index (χ1) is 9.13. The summed E-state index contributed by atoms with van der Waals surface area (Å²) in [7, 11) is 1.63. The molecule has 0 unspecified atom stereocenters. The number of fused-ring (bicyclic) bond motifs is 1. The third-order valence-electron chi connectivity index (χ3n) is 3.46. The van der Waals surface area contributed by atoms with E-state index in [4.69, 9.17) is 4.74 Å². The fraction of sp³-hybridized carbons (Fsp3) is 0.400. The van der Waals surface area contributed by atoms with Gasteiger partial charge in [-0.25, -0.2) is 0 Å². The van der Waals surface area contributed by atoms with Gasteiger partial charge in [-0.05, 0) is 32.9 Å². The maximum atomic E-state index is 12.6. The first-order valence-corrected chi connectivity index (χ1v) is 6.58. The molecule has 2 aromatic rings. The number of rotatable bonds is 4. The highest BCUT2D eigenvalue weighted by atomic mass is 16.5. The molecule has 0 fully saturated rings. The number of methoxy groups -OCH3 is 1. The molecular formula is C15H20N2O2. The zero-order chi connectivity index (χ0) is 14.0. The third-order valence-corrected chi connectivity index (χ3v) is 3.46. The lowest BCUT2D eigenvalue weighted by Crippen LogP contribution is -2.30. The van der Waals surface area contributed by atoms with Crippen molar-refractivity contribution in [3.8, 4) is 5.75 Å². The van der Waals surface area contributed by atoms with Gasteiger partial charge in [-0.15, -0.1) is 0 Å². The molecule has 1 amide bonds. The van der Waals surface area contributed by atoms with Gasteiger partial charge in [0.05, 0.1) is 23.6 Å². The van der Waals surface area contributed by atoms with Crippen LogP contribution >= 0.6 is 0 Å². The molecule has 0 aliphatic heterocycles. The molecule has 0 atom stereocenters. The Kier molecular flexibility index (Phi) is 3.79. The van der Waals surface area contributed by atoms with Gasteiger partial charge in [0.2, 0.25) is 0 Å². The van der Waals surface area contributed by atoms with Crippen LogP contribution < -0.4 is 4.74 Å². The molecule has 4 nitrogen and oxygen atoms in total. The summed E-state index contributed by atoms with van der Waals surface area (Å²) in [6, 6.07) is 5.77. The highest BCUT2D eigenvalue weighted by Gasteiger charge is 2.22. The van der Waals surface area contributed by atoms with Crippen molar-refractivity contribution in [3.63, 3.8) is 0 Å². The number of nitrogens with zero attached hydrogens (tertiary/aromatic N) is 1. The van der Waals surface area contributed by atoms with Crippen LogP contribution in [0.15, 0.2) is 18.2 Å². The van der Waals surface area contributed by atoms with Gasteiger partial charge in [0.25, 0.3) is 5.91 Å². The van der Waals surface area contributed by atoms with E-state index < -0.39 is 0 Å². The Hall–Kier alpha value is -1.97. The van der Waals surface area contributed by atoms with Crippen molar-refractivity contribution in [1.82, 2.24) is 9.88 Å². The van der Waals surface area contributed by atoms with Crippen molar-refractivity contribution in [2.24, 2.45) is 0 Å². The fourth-order valence-electron chi connectivity index (χ4n) is 2.45. The molecule has 0 aliphatic carbocycles. The van der Waals surface area contributed by atoms with Crippen LogP contribution in [0.5, 0.6) is 5.75 Å². The van der Waals surface area contributed by atoms with Gasteiger partial charge in [0.1, 0.15) is 5.75 Å². The summed E-state index contributed by atoms with van der Waals surface area (Å²) >= 11 is 0. The number of aromatic amines is 1. The molecule has 0 saturated carbocycles. The summed E-state index contributed by atoms with van der Waals surface area (Å²) in [4.78, 5) is 17.7. The second-order valence-corrected chi connectivity index (χ2v) is 4.49. The lowest BCUT2D eigenvalue weighted by atomic mass is 10.1. The average molecular weight is 260 g/mol. The number of amides is 1. The third kappa shape index (κ3) is 2.18. The maximum absolute atomic E-state index is 12.6. The van der Waals surface area contributed by atoms with Crippen LogP contribution in [0.25, 0.3) is 10.9 Å². The average Bonchev–Trinajstić information content (AvgIpc) is 2.75. The molecule has 1 aromatic heterocycles. The van der Waals surface area contributed by atoms with E-state index in [-0.39, 0.29) is 5.91 Å². The summed E-state index contributed by atoms with van der Waals surface area (Å²) < 4.78 is 5.39. The first-order valence-electron chi connectivity index (χ1n) is 6.58. The number of hydrogen-bond donors (Lipinski definition) is 1. The molecule has 0 aliphatic rings. The van der Waals surface area contributed by atoms with Gasteiger partial charge >= 0.3 is 0 Å². The van der Waals surface area contributed by atoms with Crippen molar-refractivity contribution >= 4 is 16.8 Å². The second kappa shape index (κ2) is 5.34. The van der Waals surface area contributed by atoms with Crippen molar-refractivity contribution < 1.29 is 9.53 Å². The molecular weight excluding hydrogens is 240 g/mol. The van der Waals surface area contributed by atoms with E-state index >= 15 is 0 Å². The topological polar surface area (TPSA) is 45.3 Å². The molecule has 2 rings (SSSR count). The summed E-state index contributed by atoms with van der Waals surface area (Å²) in [6.45, 7) is 7.31. The fourth-order valence-corrected chi connectivity index (χ4v) is 2.45. The predicted molar refractivity (Wildman–Crippen MR) is 76.8 cm³/mol. The van der Waals surface area contributed by atoms with Crippen LogP contribution in [0.2, 0.25) is 0 Å². The van der Waals surface area contributed by atoms with Gasteiger partial charge < -0.3 is 14.6 Å². The lowest BCUT2D eigenvalue weighted by Gasteiger charge is -2.19. The number of aryl methyl sites for hydroxylation is 1. The highest BCUT2D eigenvalue weighted by molar-refractivity contribution is 6.10. The quantitative estimate of drug-likeness (QED) is 0.918. The van der Waals surface area contributed by atoms with Crippen LogP contribution in [0.3, 0.4) is 0 Å². The molecule has 4 heteroatoms. The van der Waals surface area contributed by atoms with E-state index in [1.165, 1.54) is 0 Å². The number of ether oxygens (including phenoxy) is 1. The Morgan fingerprint density at radius 1 is 1.32 bits per heavy atom. The van der Waals surface area contributed by atoms with Crippen LogP contribution in [-0.2, 0) is 0 Å². The number of hydrogen-bond acceptors (Lipinski definition) is 2. The van der Waals surface area contributed by atoms with E-state index in [1.807, 2.05) is 43.9 Å². The summed E-state index contributed by atoms with van der Waals surface area (Å²) in [5, 5.41) is 0.874. The van der Waals surface area contributed by atoms with E-state index in [0.717, 1.165) is 27.9 Å². The first kappa shape index (κ1) is 13.5. The molecule has 0 saturated heterocycles. The molecule has 1 heterocycles. The van der Waals surface area contributed by atoms with E-state index in [1.54, 1.807) is 7.11 Å². The Bertz CT molecular complexity index is 597. The van der Waals surface area contributed by atoms with Gasteiger partial charge in [-0.1, -0.05) is 6.07 Å². The number of carbonyl (C=O) groups is 1. The van der Waals surface area contributed by atoms with Crippen LogP contribution in [-0.4, -0.2) is 36.0 Å². The van der Waals surface area contributed by atoms with E-state index in [0.29, 0.717) is 13.1 Å². The van der Waals surface area contributed by atoms with Gasteiger partial charge in [-0.2, -0.15) is 0 Å². The smallest absolute Gasteiger partial charge is 0.256 e. The second-order valence-electron chi connectivity index (χ2n) is 4.49. The molecule has 0 radical (unpaired) electrons. The van der Waals surface area contributed by atoms with Crippen LogP contribution in [0, 0.1) is 6.92 Å². The Morgan fingerprint density at radius 3 is 2.58 bits per heavy atom. The van der Waals surface area contributed by atoms with E-state index in [2.05, 4.69) is 4.98 Å². The van der Waals surface area contributed by atoms with Gasteiger partial charge in [0, 0.05) is 18.8 Å². The summed E-state index contributed by atoms with van der Waals surface area (Å²) in [5.74, 6) is 0.788. The Morgan fingerprint density at radius 2 is 2.00 bits per heavy atom.